The van der Waals surface area contributed by atoms with Gasteiger partial charge in [-0.15, -0.1) is 0 Å². The maximum absolute atomic E-state index is 11.3. The highest BCUT2D eigenvalue weighted by Crippen LogP contribution is 2.29. The standard InChI is InChI=1S/C15H23N5O3/c1-23-10-9-17-15-13(20(21)22)14(18-11-19-15)16-8-7-12-5-3-2-4-6-12/h5,11H,2-4,6-10H2,1H3,(H2,16,17,18,19). The first kappa shape index (κ1) is 17.1. The number of hydrogen-bond donors (Lipinski definition) is 2. The van der Waals surface area contributed by atoms with Crippen LogP contribution in [-0.4, -0.2) is 41.7 Å². The average Bonchev–Trinajstić information content (AvgIpc) is 2.56. The molecular weight excluding hydrogens is 298 g/mol. The predicted octanol–water partition coefficient (Wildman–Crippen LogP) is 2.75. The van der Waals surface area contributed by atoms with Gasteiger partial charge in [-0.2, -0.15) is 0 Å². The Labute approximate surface area is 135 Å². The molecule has 126 valence electrons. The lowest BCUT2D eigenvalue weighted by molar-refractivity contribution is -0.383. The van der Waals surface area contributed by atoms with E-state index in [0.29, 0.717) is 19.7 Å². The average molecular weight is 321 g/mol. The van der Waals surface area contributed by atoms with E-state index in [9.17, 15) is 10.1 Å². The molecule has 1 aromatic rings. The fourth-order valence-corrected chi connectivity index (χ4v) is 2.56. The summed E-state index contributed by atoms with van der Waals surface area (Å²) in [6.07, 6.45) is 9.22. The van der Waals surface area contributed by atoms with Crippen LogP contribution in [0.2, 0.25) is 0 Å². The highest BCUT2D eigenvalue weighted by molar-refractivity contribution is 5.69. The quantitative estimate of drug-likeness (QED) is 0.312. The number of hydrogen-bond acceptors (Lipinski definition) is 7. The highest BCUT2D eigenvalue weighted by atomic mass is 16.6. The summed E-state index contributed by atoms with van der Waals surface area (Å²) < 4.78 is 4.93. The number of aromatic nitrogens is 2. The minimum atomic E-state index is -0.461. The Kier molecular flexibility index (Phi) is 6.74. The van der Waals surface area contributed by atoms with E-state index in [1.54, 1.807) is 7.11 Å². The molecule has 1 aliphatic rings. The Morgan fingerprint density at radius 1 is 1.26 bits per heavy atom. The molecule has 0 aliphatic heterocycles. The van der Waals surface area contributed by atoms with E-state index in [1.807, 2.05) is 0 Å². The third-order valence-electron chi connectivity index (χ3n) is 3.73. The van der Waals surface area contributed by atoms with E-state index in [1.165, 1.54) is 24.7 Å². The number of nitrogens with zero attached hydrogens (tertiary/aromatic N) is 3. The lowest BCUT2D eigenvalue weighted by Crippen LogP contribution is -2.13. The molecule has 0 aromatic carbocycles. The fourth-order valence-electron chi connectivity index (χ4n) is 2.56. The maximum Gasteiger partial charge on any atom is 0.353 e. The summed E-state index contributed by atoms with van der Waals surface area (Å²) >= 11 is 0. The van der Waals surface area contributed by atoms with Crippen molar-refractivity contribution in [1.82, 2.24) is 9.97 Å². The third-order valence-corrected chi connectivity index (χ3v) is 3.73. The van der Waals surface area contributed by atoms with E-state index >= 15 is 0 Å². The van der Waals surface area contributed by atoms with Crippen molar-refractivity contribution in [3.8, 4) is 0 Å². The Hall–Kier alpha value is -2.22. The smallest absolute Gasteiger partial charge is 0.353 e. The van der Waals surface area contributed by atoms with Gasteiger partial charge >= 0.3 is 5.69 Å². The molecule has 0 spiro atoms. The Morgan fingerprint density at radius 2 is 2.00 bits per heavy atom. The molecule has 0 atom stereocenters. The SMILES string of the molecule is COCCNc1ncnc(NCCC2=CCCCC2)c1[N+](=O)[O-]. The molecule has 23 heavy (non-hydrogen) atoms. The van der Waals surface area contributed by atoms with Crippen molar-refractivity contribution in [3.05, 3.63) is 28.1 Å². The van der Waals surface area contributed by atoms with Gasteiger partial charge < -0.3 is 15.4 Å². The molecule has 0 saturated heterocycles. The minimum absolute atomic E-state index is 0.124. The van der Waals surface area contributed by atoms with Crippen LogP contribution in [-0.2, 0) is 4.74 Å². The molecule has 0 fully saturated rings. The van der Waals surface area contributed by atoms with Crippen LogP contribution in [0.15, 0.2) is 18.0 Å². The molecule has 8 nitrogen and oxygen atoms in total. The van der Waals surface area contributed by atoms with Crippen molar-refractivity contribution in [2.45, 2.75) is 32.1 Å². The van der Waals surface area contributed by atoms with Gasteiger partial charge in [0, 0.05) is 20.2 Å². The number of rotatable bonds is 9. The van der Waals surface area contributed by atoms with Gasteiger partial charge in [0.15, 0.2) is 0 Å². The first-order chi connectivity index (χ1) is 11.2. The van der Waals surface area contributed by atoms with Gasteiger partial charge in [-0.3, -0.25) is 10.1 Å². The van der Waals surface area contributed by atoms with Crippen LogP contribution in [0.4, 0.5) is 17.3 Å². The van der Waals surface area contributed by atoms with Gasteiger partial charge in [-0.1, -0.05) is 11.6 Å². The van der Waals surface area contributed by atoms with Gasteiger partial charge in [0.2, 0.25) is 11.6 Å². The van der Waals surface area contributed by atoms with Crippen molar-refractivity contribution in [1.29, 1.82) is 0 Å². The number of allylic oxidation sites excluding steroid dienone is 1. The van der Waals surface area contributed by atoms with E-state index in [-0.39, 0.29) is 17.3 Å². The summed E-state index contributed by atoms with van der Waals surface area (Å²) in [5, 5.41) is 17.3. The Balaban J connectivity index is 2.00. The number of methoxy groups -OCH3 is 1. The second kappa shape index (κ2) is 9.04. The van der Waals surface area contributed by atoms with E-state index in [4.69, 9.17) is 4.74 Å². The van der Waals surface area contributed by atoms with Crippen LogP contribution >= 0.6 is 0 Å². The van der Waals surface area contributed by atoms with Crippen molar-refractivity contribution < 1.29 is 9.66 Å². The largest absolute Gasteiger partial charge is 0.383 e. The van der Waals surface area contributed by atoms with Gasteiger partial charge in [-0.25, -0.2) is 9.97 Å². The normalized spacial score (nSPS) is 14.2. The van der Waals surface area contributed by atoms with Crippen molar-refractivity contribution in [2.24, 2.45) is 0 Å². The zero-order chi connectivity index (χ0) is 16.5. The number of nitrogens with one attached hydrogen (secondary N) is 2. The predicted molar refractivity (Wildman–Crippen MR) is 88.7 cm³/mol. The molecule has 0 saturated carbocycles. The minimum Gasteiger partial charge on any atom is -0.383 e. The van der Waals surface area contributed by atoms with Crippen molar-refractivity contribution >= 4 is 17.3 Å². The lowest BCUT2D eigenvalue weighted by atomic mass is 9.97. The zero-order valence-corrected chi connectivity index (χ0v) is 13.4. The van der Waals surface area contributed by atoms with Crippen LogP contribution in [0.25, 0.3) is 0 Å². The second-order valence-electron chi connectivity index (χ2n) is 5.38. The summed E-state index contributed by atoms with van der Waals surface area (Å²) in [5.41, 5.74) is 1.29. The molecule has 1 aliphatic carbocycles. The number of anilines is 2. The van der Waals surface area contributed by atoms with Crippen LogP contribution < -0.4 is 10.6 Å². The topological polar surface area (TPSA) is 102 Å². The van der Waals surface area contributed by atoms with E-state index in [2.05, 4.69) is 26.7 Å². The van der Waals surface area contributed by atoms with E-state index < -0.39 is 4.92 Å². The van der Waals surface area contributed by atoms with Crippen LogP contribution in [0.3, 0.4) is 0 Å². The van der Waals surface area contributed by atoms with Crippen LogP contribution in [0.5, 0.6) is 0 Å². The summed E-state index contributed by atoms with van der Waals surface area (Å²) in [5.74, 6) is 0.461. The molecule has 1 heterocycles. The molecule has 0 bridgehead atoms. The number of ether oxygens (including phenoxy) is 1. The summed E-state index contributed by atoms with van der Waals surface area (Å²) in [6, 6.07) is 0. The molecule has 1 aromatic heterocycles. The van der Waals surface area contributed by atoms with Crippen LogP contribution in [0, 0.1) is 10.1 Å². The molecular formula is C15H23N5O3. The maximum atomic E-state index is 11.3. The molecule has 0 unspecified atom stereocenters. The Morgan fingerprint density at radius 3 is 2.61 bits per heavy atom. The number of nitro groups is 1. The summed E-state index contributed by atoms with van der Waals surface area (Å²) in [4.78, 5) is 18.9. The highest BCUT2D eigenvalue weighted by Gasteiger charge is 2.22. The van der Waals surface area contributed by atoms with E-state index in [0.717, 1.165) is 19.3 Å². The van der Waals surface area contributed by atoms with Gasteiger partial charge in [0.1, 0.15) is 6.33 Å². The monoisotopic (exact) mass is 321 g/mol. The Bertz CT molecular complexity index is 562. The molecule has 0 amide bonds. The van der Waals surface area contributed by atoms with Crippen LogP contribution in [0.1, 0.15) is 32.1 Å². The molecule has 2 rings (SSSR count). The van der Waals surface area contributed by atoms with Crippen molar-refractivity contribution in [2.75, 3.05) is 37.4 Å². The molecule has 0 radical (unpaired) electrons. The zero-order valence-electron chi connectivity index (χ0n) is 13.4. The summed E-state index contributed by atoms with van der Waals surface area (Å²) in [6.45, 7) is 1.51. The fraction of sp³-hybridized carbons (Fsp3) is 0.600. The lowest BCUT2D eigenvalue weighted by Gasteiger charge is -2.13. The van der Waals surface area contributed by atoms with Gasteiger partial charge in [-0.05, 0) is 32.1 Å². The molecule has 2 N–H and O–H groups in total. The van der Waals surface area contributed by atoms with Gasteiger partial charge in [0.25, 0.3) is 0 Å². The first-order valence-corrected chi connectivity index (χ1v) is 7.86. The first-order valence-electron chi connectivity index (χ1n) is 7.86. The van der Waals surface area contributed by atoms with Gasteiger partial charge in [0.05, 0.1) is 11.5 Å². The third kappa shape index (κ3) is 5.17. The summed E-state index contributed by atoms with van der Waals surface area (Å²) in [7, 11) is 1.57. The molecule has 8 heteroatoms. The second-order valence-corrected chi connectivity index (χ2v) is 5.38. The van der Waals surface area contributed by atoms with Crippen molar-refractivity contribution in [3.63, 3.8) is 0 Å².